The second-order valence-corrected chi connectivity index (χ2v) is 12.8. The second kappa shape index (κ2) is 22.2. The van der Waals surface area contributed by atoms with Crippen molar-refractivity contribution >= 4 is 47.7 Å². The Morgan fingerprint density at radius 2 is 1.18 bits per heavy atom. The van der Waals surface area contributed by atoms with Crippen molar-refractivity contribution < 1.29 is 63.5 Å². The molecule has 20 nitrogen and oxygen atoms in total. The summed E-state index contributed by atoms with van der Waals surface area (Å²) < 4.78 is 5.35. The standard InChI is InChI=1S/C30H51N7O13/c1-30(2,3)50-29(49)37-11-7-8-21(37)28(48)33-32-22(38)9-5-4-6-10-31-23(39)16-34(12-14-35(17-24(40)41)18-25(42)43)13-15-36(19-26(44)45)20-27(46)47/h21H,4-20H2,1-3H3,(H,31,39)(H,32,38)(H,33,48)(H,40,41)(H,42,43)(H,44,45)(H,46,47)/t21-/m1/s1. The summed E-state index contributed by atoms with van der Waals surface area (Å²) in [7, 11) is 0. The predicted molar refractivity (Wildman–Crippen MR) is 174 cm³/mol. The van der Waals surface area contributed by atoms with Gasteiger partial charge in [-0.15, -0.1) is 0 Å². The molecule has 0 radical (unpaired) electrons. The molecule has 0 aromatic heterocycles. The van der Waals surface area contributed by atoms with Gasteiger partial charge in [-0.05, 0) is 46.5 Å². The van der Waals surface area contributed by atoms with E-state index in [-0.39, 0.29) is 45.7 Å². The molecule has 1 atom stereocenters. The molecule has 1 rings (SSSR count). The number of aliphatic carboxylic acids is 4. The normalized spacial score (nSPS) is 14.4. The second-order valence-electron chi connectivity index (χ2n) is 12.8. The number of carbonyl (C=O) groups is 8. The molecule has 0 aliphatic carbocycles. The highest BCUT2D eigenvalue weighted by Gasteiger charge is 2.36. The van der Waals surface area contributed by atoms with Gasteiger partial charge in [0.05, 0.1) is 32.7 Å². The van der Waals surface area contributed by atoms with Gasteiger partial charge in [0, 0.05) is 45.7 Å². The number of carboxylic acids is 4. The van der Waals surface area contributed by atoms with E-state index >= 15 is 0 Å². The average molecular weight is 718 g/mol. The number of unbranched alkanes of at least 4 members (excludes halogenated alkanes) is 2. The number of amides is 4. The highest BCUT2D eigenvalue weighted by Crippen LogP contribution is 2.20. The van der Waals surface area contributed by atoms with E-state index in [9.17, 15) is 38.4 Å². The Kier molecular flexibility index (Phi) is 19.3. The molecule has 1 aliphatic heterocycles. The zero-order chi connectivity index (χ0) is 37.9. The lowest BCUT2D eigenvalue weighted by Crippen LogP contribution is -2.52. The number of rotatable bonds is 23. The largest absolute Gasteiger partial charge is 0.480 e. The molecule has 50 heavy (non-hydrogen) atoms. The van der Waals surface area contributed by atoms with E-state index in [0.717, 1.165) is 9.80 Å². The molecule has 0 saturated carbocycles. The van der Waals surface area contributed by atoms with Gasteiger partial charge in [-0.2, -0.15) is 0 Å². The van der Waals surface area contributed by atoms with Crippen molar-refractivity contribution in [2.75, 3.05) is 72.0 Å². The van der Waals surface area contributed by atoms with Crippen molar-refractivity contribution in [3.05, 3.63) is 0 Å². The lowest BCUT2D eigenvalue weighted by Gasteiger charge is -2.28. The first-order valence-corrected chi connectivity index (χ1v) is 16.3. The average Bonchev–Trinajstić information content (AvgIpc) is 3.47. The van der Waals surface area contributed by atoms with Crippen LogP contribution in [0.3, 0.4) is 0 Å². The van der Waals surface area contributed by atoms with Gasteiger partial charge >= 0.3 is 30.0 Å². The van der Waals surface area contributed by atoms with Crippen LogP contribution in [0.5, 0.6) is 0 Å². The monoisotopic (exact) mass is 717 g/mol. The maximum absolute atomic E-state index is 12.7. The SMILES string of the molecule is CC(C)(C)OC(=O)N1CCC[C@@H]1C(=O)NNC(=O)CCCCCNC(=O)CN(CCN(CC(=O)O)CC(=O)O)CCN(CC(=O)O)CC(=O)O. The topological polar surface area (TPSA) is 276 Å². The summed E-state index contributed by atoms with van der Waals surface area (Å²) in [5, 5.41) is 39.1. The fourth-order valence-corrected chi connectivity index (χ4v) is 4.96. The first kappa shape index (κ1) is 43.5. The van der Waals surface area contributed by atoms with E-state index in [1.54, 1.807) is 25.7 Å². The molecule has 0 unspecified atom stereocenters. The lowest BCUT2D eigenvalue weighted by atomic mass is 10.2. The van der Waals surface area contributed by atoms with E-state index in [1.807, 2.05) is 0 Å². The fourth-order valence-electron chi connectivity index (χ4n) is 4.96. The molecule has 1 saturated heterocycles. The van der Waals surface area contributed by atoms with Gasteiger partial charge in [0.25, 0.3) is 5.91 Å². The van der Waals surface area contributed by atoms with Crippen molar-refractivity contribution in [1.29, 1.82) is 0 Å². The van der Waals surface area contributed by atoms with E-state index in [4.69, 9.17) is 25.2 Å². The van der Waals surface area contributed by atoms with Crippen molar-refractivity contribution in [2.45, 2.75) is 70.9 Å². The van der Waals surface area contributed by atoms with Crippen LogP contribution in [-0.2, 0) is 38.3 Å². The zero-order valence-corrected chi connectivity index (χ0v) is 28.9. The molecule has 0 aromatic carbocycles. The molecule has 1 aliphatic rings. The van der Waals surface area contributed by atoms with E-state index < -0.39 is 85.5 Å². The van der Waals surface area contributed by atoms with E-state index in [1.165, 1.54) is 4.90 Å². The summed E-state index contributed by atoms with van der Waals surface area (Å²) in [6.07, 6.45) is 2.06. The van der Waals surface area contributed by atoms with Crippen molar-refractivity contribution in [3.63, 3.8) is 0 Å². The highest BCUT2D eigenvalue weighted by molar-refractivity contribution is 5.88. The summed E-state index contributed by atoms with van der Waals surface area (Å²) >= 11 is 0. The van der Waals surface area contributed by atoms with Crippen LogP contribution in [0.2, 0.25) is 0 Å². The number of nitrogens with one attached hydrogen (secondary N) is 3. The number of ether oxygens (including phenoxy) is 1. The van der Waals surface area contributed by atoms with Gasteiger partial charge in [-0.1, -0.05) is 6.42 Å². The summed E-state index contributed by atoms with van der Waals surface area (Å²) in [5.41, 5.74) is 3.99. The number of carboxylic acid groups (broad SMARTS) is 4. The number of nitrogens with zero attached hydrogens (tertiary/aromatic N) is 4. The third-order valence-electron chi connectivity index (χ3n) is 7.18. The molecule has 1 fully saturated rings. The van der Waals surface area contributed by atoms with Crippen LogP contribution in [0.1, 0.15) is 59.3 Å². The molecule has 1 heterocycles. The van der Waals surface area contributed by atoms with Crippen LogP contribution in [0.15, 0.2) is 0 Å². The molecule has 4 amide bonds. The molecule has 20 heteroatoms. The minimum Gasteiger partial charge on any atom is -0.480 e. The summed E-state index contributed by atoms with van der Waals surface area (Å²) in [6.45, 7) is 3.31. The minimum absolute atomic E-state index is 0.0351. The summed E-state index contributed by atoms with van der Waals surface area (Å²) in [4.78, 5) is 99.7. The Balaban J connectivity index is 2.53. The molecule has 284 valence electrons. The Morgan fingerprint density at radius 3 is 1.66 bits per heavy atom. The van der Waals surface area contributed by atoms with Crippen LogP contribution in [0.25, 0.3) is 0 Å². The first-order valence-electron chi connectivity index (χ1n) is 16.3. The number of hydrazine groups is 1. The third kappa shape index (κ3) is 20.1. The third-order valence-corrected chi connectivity index (χ3v) is 7.18. The van der Waals surface area contributed by atoms with Crippen LogP contribution in [0, 0.1) is 0 Å². The van der Waals surface area contributed by atoms with Gasteiger partial charge in [0.15, 0.2) is 0 Å². The molecular weight excluding hydrogens is 666 g/mol. The van der Waals surface area contributed by atoms with Crippen LogP contribution in [-0.4, -0.2) is 171 Å². The lowest BCUT2D eigenvalue weighted by molar-refractivity contribution is -0.143. The highest BCUT2D eigenvalue weighted by atomic mass is 16.6. The summed E-state index contributed by atoms with van der Waals surface area (Å²) in [6, 6.07) is -0.758. The molecule has 7 N–H and O–H groups in total. The Morgan fingerprint density at radius 1 is 0.680 bits per heavy atom. The maximum Gasteiger partial charge on any atom is 0.410 e. The summed E-state index contributed by atoms with van der Waals surface area (Å²) in [5.74, 6) is -6.37. The van der Waals surface area contributed by atoms with E-state index in [2.05, 4.69) is 16.2 Å². The minimum atomic E-state index is -1.25. The number of carbonyl (C=O) groups excluding carboxylic acids is 4. The van der Waals surface area contributed by atoms with Crippen molar-refractivity contribution in [2.24, 2.45) is 0 Å². The first-order chi connectivity index (χ1) is 23.4. The predicted octanol–water partition coefficient (Wildman–Crippen LogP) is -1.55. The molecule has 0 aromatic rings. The quantitative estimate of drug-likeness (QED) is 0.0466. The number of likely N-dealkylation sites (tertiary alicyclic amines) is 1. The maximum atomic E-state index is 12.7. The smallest absolute Gasteiger partial charge is 0.410 e. The van der Waals surface area contributed by atoms with Crippen molar-refractivity contribution in [1.82, 2.24) is 35.8 Å². The molecule has 0 bridgehead atoms. The van der Waals surface area contributed by atoms with Gasteiger partial charge in [0.2, 0.25) is 11.8 Å². The number of hydrogen-bond donors (Lipinski definition) is 7. The Labute approximate surface area is 290 Å². The zero-order valence-electron chi connectivity index (χ0n) is 28.9. The Hall–Kier alpha value is -4.56. The molecular formula is C30H51N7O13. The van der Waals surface area contributed by atoms with Gasteiger partial charge in [-0.3, -0.25) is 64.0 Å². The van der Waals surface area contributed by atoms with Crippen LogP contribution < -0.4 is 16.2 Å². The van der Waals surface area contributed by atoms with Gasteiger partial charge in [-0.25, -0.2) is 4.79 Å². The van der Waals surface area contributed by atoms with Crippen molar-refractivity contribution in [3.8, 4) is 0 Å². The van der Waals surface area contributed by atoms with Gasteiger partial charge < -0.3 is 30.5 Å². The van der Waals surface area contributed by atoms with Crippen LogP contribution in [0.4, 0.5) is 4.79 Å². The van der Waals surface area contributed by atoms with Gasteiger partial charge in [0.1, 0.15) is 11.6 Å². The number of hydrogen-bond acceptors (Lipinski definition) is 12. The fraction of sp³-hybridized carbons (Fsp3) is 0.733. The van der Waals surface area contributed by atoms with Crippen LogP contribution >= 0.6 is 0 Å². The molecule has 0 spiro atoms. The Bertz CT molecular complexity index is 1120. The van der Waals surface area contributed by atoms with E-state index in [0.29, 0.717) is 38.6 Å².